The van der Waals surface area contributed by atoms with E-state index in [9.17, 15) is 9.90 Å². The van der Waals surface area contributed by atoms with Crippen molar-refractivity contribution in [3.8, 4) is 0 Å². The topological polar surface area (TPSA) is 59.0 Å². The Labute approximate surface area is 134 Å². The van der Waals surface area contributed by atoms with Gasteiger partial charge in [-0.2, -0.15) is 0 Å². The third kappa shape index (κ3) is 5.41. The van der Waals surface area contributed by atoms with Crippen molar-refractivity contribution in [2.24, 2.45) is 5.92 Å². The van der Waals surface area contributed by atoms with E-state index < -0.39 is 0 Å². The quantitative estimate of drug-likeness (QED) is 0.773. The standard InChI is InChI=1S/C16H32N4O2/c1-3-18-7-9-19(10-8-18)12-14(2)11-17-16(22)20-6-4-5-15(21)13-20/h14-15,21H,3-13H2,1-2H3,(H,17,22)/t14-,15-/m0/s1. The molecule has 2 N–H and O–H groups in total. The number of nitrogens with one attached hydrogen (secondary N) is 1. The molecule has 0 spiro atoms. The summed E-state index contributed by atoms with van der Waals surface area (Å²) in [7, 11) is 0. The van der Waals surface area contributed by atoms with Gasteiger partial charge < -0.3 is 25.1 Å². The molecule has 0 saturated carbocycles. The summed E-state index contributed by atoms with van der Waals surface area (Å²) in [6.45, 7) is 13.1. The number of hydrogen-bond donors (Lipinski definition) is 2. The molecule has 2 fully saturated rings. The number of aliphatic hydroxyl groups is 1. The van der Waals surface area contributed by atoms with E-state index >= 15 is 0 Å². The van der Waals surface area contributed by atoms with Crippen LogP contribution in [0.1, 0.15) is 26.7 Å². The molecule has 2 aliphatic rings. The van der Waals surface area contributed by atoms with Crippen molar-refractivity contribution < 1.29 is 9.90 Å². The number of nitrogens with zero attached hydrogens (tertiary/aromatic N) is 3. The van der Waals surface area contributed by atoms with Gasteiger partial charge in [-0.3, -0.25) is 0 Å². The Morgan fingerprint density at radius 3 is 2.55 bits per heavy atom. The van der Waals surface area contributed by atoms with E-state index in [0.29, 0.717) is 19.0 Å². The number of amides is 2. The zero-order chi connectivity index (χ0) is 15.9. The van der Waals surface area contributed by atoms with Crippen molar-refractivity contribution >= 4 is 6.03 Å². The van der Waals surface area contributed by atoms with E-state index in [-0.39, 0.29) is 12.1 Å². The number of likely N-dealkylation sites (tertiary alicyclic amines) is 1. The molecular formula is C16H32N4O2. The first kappa shape index (κ1) is 17.5. The van der Waals surface area contributed by atoms with Gasteiger partial charge in [0.05, 0.1) is 6.10 Å². The van der Waals surface area contributed by atoms with E-state index in [0.717, 1.165) is 58.7 Å². The predicted octanol–water partition coefficient (Wildman–Crippen LogP) is 0.426. The predicted molar refractivity (Wildman–Crippen MR) is 87.9 cm³/mol. The third-order valence-corrected chi connectivity index (χ3v) is 4.77. The number of piperazine rings is 1. The molecule has 0 bridgehead atoms. The highest BCUT2D eigenvalue weighted by Crippen LogP contribution is 2.10. The lowest BCUT2D eigenvalue weighted by Gasteiger charge is -2.35. The minimum Gasteiger partial charge on any atom is -0.391 e. The van der Waals surface area contributed by atoms with Gasteiger partial charge in [0, 0.05) is 52.4 Å². The molecule has 2 saturated heterocycles. The highest BCUT2D eigenvalue weighted by molar-refractivity contribution is 5.74. The van der Waals surface area contributed by atoms with Crippen LogP contribution in [0.25, 0.3) is 0 Å². The fourth-order valence-corrected chi connectivity index (χ4v) is 3.31. The fraction of sp³-hybridized carbons (Fsp3) is 0.938. The summed E-state index contributed by atoms with van der Waals surface area (Å²) in [6.07, 6.45) is 1.35. The number of β-amino-alcohol motifs (C(OH)–C–C–N with tert-alkyl or cyclic N) is 1. The molecule has 22 heavy (non-hydrogen) atoms. The minimum absolute atomic E-state index is 0.0265. The molecule has 128 valence electrons. The van der Waals surface area contributed by atoms with E-state index in [1.807, 2.05) is 0 Å². The van der Waals surface area contributed by atoms with E-state index in [1.165, 1.54) is 0 Å². The highest BCUT2D eigenvalue weighted by Gasteiger charge is 2.22. The van der Waals surface area contributed by atoms with Crippen LogP contribution < -0.4 is 5.32 Å². The molecule has 2 heterocycles. The lowest BCUT2D eigenvalue weighted by molar-refractivity contribution is 0.0834. The molecule has 0 aromatic rings. The maximum absolute atomic E-state index is 12.1. The Balaban J connectivity index is 1.63. The molecular weight excluding hydrogens is 280 g/mol. The molecule has 0 aliphatic carbocycles. The monoisotopic (exact) mass is 312 g/mol. The second-order valence-corrected chi connectivity index (χ2v) is 6.77. The molecule has 2 rings (SSSR count). The largest absolute Gasteiger partial charge is 0.391 e. The van der Waals surface area contributed by atoms with Crippen molar-refractivity contribution in [1.29, 1.82) is 0 Å². The first-order chi connectivity index (χ1) is 10.6. The summed E-state index contributed by atoms with van der Waals surface area (Å²) in [5, 5.41) is 12.7. The number of aliphatic hydroxyl groups excluding tert-OH is 1. The number of piperidine rings is 1. The summed E-state index contributed by atoms with van der Waals surface area (Å²) >= 11 is 0. The molecule has 0 radical (unpaired) electrons. The molecule has 2 amide bonds. The van der Waals surface area contributed by atoms with Gasteiger partial charge in [-0.1, -0.05) is 13.8 Å². The molecule has 2 aliphatic heterocycles. The van der Waals surface area contributed by atoms with Crippen LogP contribution in [0, 0.1) is 5.92 Å². The number of rotatable bonds is 5. The van der Waals surface area contributed by atoms with E-state index in [1.54, 1.807) is 4.90 Å². The third-order valence-electron chi connectivity index (χ3n) is 4.77. The SMILES string of the molecule is CCN1CCN(C[C@@H](C)CNC(=O)N2CCC[C@H](O)C2)CC1. The van der Waals surface area contributed by atoms with Crippen molar-refractivity contribution in [1.82, 2.24) is 20.0 Å². The Kier molecular flexibility index (Phi) is 6.92. The molecule has 0 aromatic carbocycles. The van der Waals surface area contributed by atoms with Gasteiger partial charge in [0.2, 0.25) is 0 Å². The smallest absolute Gasteiger partial charge is 0.317 e. The highest BCUT2D eigenvalue weighted by atomic mass is 16.3. The average Bonchev–Trinajstić information content (AvgIpc) is 2.53. The van der Waals surface area contributed by atoms with E-state index in [2.05, 4.69) is 29.0 Å². The number of carbonyl (C=O) groups excluding carboxylic acids is 1. The number of hydrogen-bond acceptors (Lipinski definition) is 4. The fourth-order valence-electron chi connectivity index (χ4n) is 3.31. The maximum atomic E-state index is 12.1. The average molecular weight is 312 g/mol. The van der Waals surface area contributed by atoms with Crippen LogP contribution in [-0.4, -0.2) is 90.8 Å². The van der Waals surface area contributed by atoms with Gasteiger partial charge in [-0.15, -0.1) is 0 Å². The Bertz CT molecular complexity index is 345. The van der Waals surface area contributed by atoms with Crippen molar-refractivity contribution in [2.45, 2.75) is 32.8 Å². The molecule has 6 heteroatoms. The second kappa shape index (κ2) is 8.70. The van der Waals surface area contributed by atoms with Crippen LogP contribution in [0.4, 0.5) is 4.79 Å². The lowest BCUT2D eigenvalue weighted by atomic mass is 10.1. The lowest BCUT2D eigenvalue weighted by Crippen LogP contribution is -2.50. The zero-order valence-corrected chi connectivity index (χ0v) is 14.1. The van der Waals surface area contributed by atoms with Gasteiger partial charge in [0.15, 0.2) is 0 Å². The van der Waals surface area contributed by atoms with Crippen LogP contribution >= 0.6 is 0 Å². The normalized spacial score (nSPS) is 26.0. The first-order valence-corrected chi connectivity index (χ1v) is 8.74. The van der Waals surface area contributed by atoms with Crippen LogP contribution in [0.3, 0.4) is 0 Å². The second-order valence-electron chi connectivity index (χ2n) is 6.77. The van der Waals surface area contributed by atoms with Gasteiger partial charge in [-0.05, 0) is 25.3 Å². The number of urea groups is 1. The summed E-state index contributed by atoms with van der Waals surface area (Å²) < 4.78 is 0. The van der Waals surface area contributed by atoms with Gasteiger partial charge in [0.25, 0.3) is 0 Å². The van der Waals surface area contributed by atoms with Crippen LogP contribution in [-0.2, 0) is 0 Å². The summed E-state index contributed by atoms with van der Waals surface area (Å²) in [4.78, 5) is 18.8. The summed E-state index contributed by atoms with van der Waals surface area (Å²) in [6, 6.07) is -0.0265. The maximum Gasteiger partial charge on any atom is 0.317 e. The van der Waals surface area contributed by atoms with Gasteiger partial charge in [0.1, 0.15) is 0 Å². The van der Waals surface area contributed by atoms with Crippen molar-refractivity contribution in [3.63, 3.8) is 0 Å². The first-order valence-electron chi connectivity index (χ1n) is 8.74. The van der Waals surface area contributed by atoms with Crippen LogP contribution in [0.15, 0.2) is 0 Å². The Morgan fingerprint density at radius 1 is 1.23 bits per heavy atom. The minimum atomic E-state index is -0.355. The Morgan fingerprint density at radius 2 is 1.91 bits per heavy atom. The molecule has 0 aromatic heterocycles. The number of likely N-dealkylation sites (N-methyl/N-ethyl adjacent to an activating group) is 1. The summed E-state index contributed by atoms with van der Waals surface area (Å²) in [5.74, 6) is 0.451. The molecule has 6 nitrogen and oxygen atoms in total. The molecule has 2 atom stereocenters. The van der Waals surface area contributed by atoms with Crippen molar-refractivity contribution in [2.75, 3.05) is 58.9 Å². The molecule has 0 unspecified atom stereocenters. The van der Waals surface area contributed by atoms with Crippen LogP contribution in [0.5, 0.6) is 0 Å². The summed E-state index contributed by atoms with van der Waals surface area (Å²) in [5.41, 5.74) is 0. The van der Waals surface area contributed by atoms with E-state index in [4.69, 9.17) is 0 Å². The Hall–Kier alpha value is -0.850. The number of carbonyl (C=O) groups is 1. The van der Waals surface area contributed by atoms with Gasteiger partial charge >= 0.3 is 6.03 Å². The van der Waals surface area contributed by atoms with Crippen LogP contribution in [0.2, 0.25) is 0 Å². The van der Waals surface area contributed by atoms with Crippen molar-refractivity contribution in [3.05, 3.63) is 0 Å². The van der Waals surface area contributed by atoms with Gasteiger partial charge in [-0.25, -0.2) is 4.79 Å². The zero-order valence-electron chi connectivity index (χ0n) is 14.1.